The molecule has 1 fully saturated rings. The maximum Gasteiger partial charge on any atom is 0.418 e. The molecule has 2 heterocycles. The Morgan fingerprint density at radius 1 is 1.04 bits per heavy atom. The van der Waals surface area contributed by atoms with E-state index in [1.165, 1.54) is 28.0 Å². The molecule has 1 saturated heterocycles. The number of piperazine rings is 1. The number of alkyl halides is 3. The molecule has 140 valence electrons. The second-order valence-corrected chi connectivity index (χ2v) is 7.56. The standard InChI is InChI=1S/C18H20F3N3OS/c19-18(20,21)15-5-1-2-6-16(15)22-17(25)13-24-9-7-23(8-10-24)12-14-4-3-11-26-14/h1-6,11H,7-10,12-13H2,(H,22,25)/p+2. The van der Waals surface area contributed by atoms with Crippen molar-refractivity contribution >= 4 is 22.9 Å². The molecule has 0 spiro atoms. The van der Waals surface area contributed by atoms with Crippen LogP contribution < -0.4 is 15.1 Å². The van der Waals surface area contributed by atoms with Crippen LogP contribution in [0.15, 0.2) is 41.8 Å². The maximum atomic E-state index is 13.0. The number of carbonyl (C=O) groups is 1. The number of thiophene rings is 1. The van der Waals surface area contributed by atoms with Gasteiger partial charge in [0, 0.05) is 0 Å². The number of hydrogen-bond donors (Lipinski definition) is 3. The molecular formula is C18H22F3N3OS+2. The Morgan fingerprint density at radius 3 is 2.38 bits per heavy atom. The molecule has 0 atom stereocenters. The van der Waals surface area contributed by atoms with Gasteiger partial charge in [-0.3, -0.25) is 4.79 Å². The Bertz CT molecular complexity index is 726. The van der Waals surface area contributed by atoms with Gasteiger partial charge in [0.15, 0.2) is 6.54 Å². The van der Waals surface area contributed by atoms with Crippen molar-refractivity contribution in [2.24, 2.45) is 0 Å². The quantitative estimate of drug-likeness (QED) is 0.696. The molecule has 2 aromatic rings. The predicted octanol–water partition coefficient (Wildman–Crippen LogP) is 0.689. The Balaban J connectivity index is 1.49. The van der Waals surface area contributed by atoms with Crippen LogP contribution >= 0.6 is 11.3 Å². The normalized spacial score (nSPS) is 20.7. The first-order chi connectivity index (χ1) is 12.4. The molecule has 1 aromatic carbocycles. The summed E-state index contributed by atoms with van der Waals surface area (Å²) in [5, 5.41) is 4.50. The molecule has 1 aliphatic rings. The first kappa shape index (κ1) is 18.9. The summed E-state index contributed by atoms with van der Waals surface area (Å²) in [4.78, 5) is 16.1. The van der Waals surface area contributed by atoms with E-state index in [0.29, 0.717) is 0 Å². The third-order valence-corrected chi connectivity index (χ3v) is 5.46. The summed E-state index contributed by atoms with van der Waals surface area (Å²) in [5.74, 6) is -0.376. The van der Waals surface area contributed by atoms with E-state index in [-0.39, 0.29) is 18.1 Å². The van der Waals surface area contributed by atoms with Gasteiger partial charge < -0.3 is 15.1 Å². The van der Waals surface area contributed by atoms with Gasteiger partial charge in [-0.25, -0.2) is 0 Å². The maximum absolute atomic E-state index is 13.0. The van der Waals surface area contributed by atoms with Gasteiger partial charge in [-0.15, -0.1) is 11.3 Å². The van der Waals surface area contributed by atoms with Crippen LogP contribution in [0.25, 0.3) is 0 Å². The number of nitrogens with one attached hydrogen (secondary N) is 3. The van der Waals surface area contributed by atoms with Gasteiger partial charge in [0.1, 0.15) is 32.7 Å². The molecule has 0 saturated carbocycles. The van der Waals surface area contributed by atoms with Crippen molar-refractivity contribution in [2.75, 3.05) is 38.0 Å². The lowest BCUT2D eigenvalue weighted by molar-refractivity contribution is -1.01. The number of hydrogen-bond acceptors (Lipinski definition) is 2. The van der Waals surface area contributed by atoms with Gasteiger partial charge in [0.25, 0.3) is 5.91 Å². The van der Waals surface area contributed by atoms with Gasteiger partial charge in [-0.2, -0.15) is 13.2 Å². The number of quaternary nitrogens is 2. The molecule has 1 aliphatic heterocycles. The predicted molar refractivity (Wildman–Crippen MR) is 94.4 cm³/mol. The van der Waals surface area contributed by atoms with E-state index in [1.807, 2.05) is 6.07 Å². The van der Waals surface area contributed by atoms with Crippen molar-refractivity contribution in [3.63, 3.8) is 0 Å². The molecule has 0 radical (unpaired) electrons. The van der Waals surface area contributed by atoms with Crippen LogP contribution in [-0.4, -0.2) is 38.6 Å². The average Bonchev–Trinajstić information content (AvgIpc) is 3.09. The minimum absolute atomic E-state index is 0.175. The van der Waals surface area contributed by atoms with Crippen molar-refractivity contribution < 1.29 is 27.8 Å². The first-order valence-corrected chi connectivity index (χ1v) is 9.45. The van der Waals surface area contributed by atoms with Crippen LogP contribution in [0.1, 0.15) is 10.4 Å². The summed E-state index contributed by atoms with van der Waals surface area (Å²) in [6.07, 6.45) is -4.48. The smallest absolute Gasteiger partial charge is 0.321 e. The van der Waals surface area contributed by atoms with Crippen molar-refractivity contribution in [2.45, 2.75) is 12.7 Å². The number of halogens is 3. The summed E-state index contributed by atoms with van der Waals surface area (Å²) in [5.41, 5.74) is -0.986. The van der Waals surface area contributed by atoms with Crippen LogP contribution in [0.2, 0.25) is 0 Å². The fourth-order valence-electron chi connectivity index (χ4n) is 3.23. The zero-order valence-corrected chi connectivity index (χ0v) is 15.1. The molecule has 26 heavy (non-hydrogen) atoms. The van der Waals surface area contributed by atoms with E-state index < -0.39 is 11.7 Å². The Morgan fingerprint density at radius 2 is 1.73 bits per heavy atom. The third kappa shape index (κ3) is 5.06. The minimum Gasteiger partial charge on any atom is -0.321 e. The van der Waals surface area contributed by atoms with Gasteiger partial charge in [-0.1, -0.05) is 18.2 Å². The zero-order valence-electron chi connectivity index (χ0n) is 14.2. The highest BCUT2D eigenvalue weighted by atomic mass is 32.1. The van der Waals surface area contributed by atoms with Gasteiger partial charge in [0.05, 0.1) is 16.1 Å². The molecule has 1 aromatic heterocycles. The number of amides is 1. The van der Waals surface area contributed by atoms with Crippen molar-refractivity contribution in [3.8, 4) is 0 Å². The lowest BCUT2D eigenvalue weighted by Crippen LogP contribution is -3.28. The number of carbonyl (C=O) groups excluding carboxylic acids is 1. The summed E-state index contributed by atoms with van der Waals surface area (Å²) < 4.78 is 39.0. The van der Waals surface area contributed by atoms with Crippen LogP contribution in [0.5, 0.6) is 0 Å². The molecule has 0 aliphatic carbocycles. The van der Waals surface area contributed by atoms with Crippen molar-refractivity contribution in [1.29, 1.82) is 0 Å². The molecule has 4 nitrogen and oxygen atoms in total. The Labute approximate surface area is 154 Å². The minimum atomic E-state index is -4.48. The molecular weight excluding hydrogens is 363 g/mol. The largest absolute Gasteiger partial charge is 0.418 e. The highest BCUT2D eigenvalue weighted by molar-refractivity contribution is 7.09. The number of rotatable bonds is 5. The summed E-state index contributed by atoms with van der Waals surface area (Å²) in [7, 11) is 0. The number of benzene rings is 1. The topological polar surface area (TPSA) is 38.0 Å². The second kappa shape index (κ2) is 8.20. The number of para-hydroxylation sites is 1. The fourth-order valence-corrected chi connectivity index (χ4v) is 4.01. The van der Waals surface area contributed by atoms with E-state index in [0.717, 1.165) is 43.7 Å². The van der Waals surface area contributed by atoms with Crippen molar-refractivity contribution in [3.05, 3.63) is 52.2 Å². The monoisotopic (exact) mass is 385 g/mol. The van der Waals surface area contributed by atoms with Gasteiger partial charge in [0.2, 0.25) is 0 Å². The molecule has 0 bridgehead atoms. The third-order valence-electron chi connectivity index (χ3n) is 4.59. The SMILES string of the molecule is O=C(C[NH+]1CC[NH+](Cc2cccs2)CC1)Nc1ccccc1C(F)(F)F. The Kier molecular flexibility index (Phi) is 5.95. The highest BCUT2D eigenvalue weighted by Gasteiger charge is 2.34. The number of anilines is 1. The average molecular weight is 385 g/mol. The van der Waals surface area contributed by atoms with Crippen LogP contribution in [0, 0.1) is 0 Å². The fraction of sp³-hybridized carbons (Fsp3) is 0.389. The summed E-state index contributed by atoms with van der Waals surface area (Å²) in [6.45, 7) is 4.79. The zero-order chi connectivity index (χ0) is 18.6. The van der Waals surface area contributed by atoms with Crippen LogP contribution in [-0.2, 0) is 17.5 Å². The van der Waals surface area contributed by atoms with Gasteiger partial charge >= 0.3 is 6.18 Å². The molecule has 1 amide bonds. The van der Waals surface area contributed by atoms with E-state index >= 15 is 0 Å². The molecule has 3 N–H and O–H groups in total. The van der Waals surface area contributed by atoms with Crippen LogP contribution in [0.3, 0.4) is 0 Å². The first-order valence-electron chi connectivity index (χ1n) is 8.57. The molecule has 0 unspecified atom stereocenters. The lowest BCUT2D eigenvalue weighted by atomic mass is 10.1. The second-order valence-electron chi connectivity index (χ2n) is 6.52. The van der Waals surface area contributed by atoms with E-state index in [4.69, 9.17) is 0 Å². The molecule has 8 heteroatoms. The molecule has 3 rings (SSSR count). The lowest BCUT2D eigenvalue weighted by Gasteiger charge is -2.29. The highest BCUT2D eigenvalue weighted by Crippen LogP contribution is 2.34. The van der Waals surface area contributed by atoms with Crippen LogP contribution in [0.4, 0.5) is 18.9 Å². The van der Waals surface area contributed by atoms with Gasteiger partial charge in [-0.05, 0) is 23.6 Å². The Hall–Kier alpha value is -1.90. The van der Waals surface area contributed by atoms with E-state index in [9.17, 15) is 18.0 Å². The van der Waals surface area contributed by atoms with Crippen molar-refractivity contribution in [1.82, 2.24) is 0 Å². The summed E-state index contributed by atoms with van der Waals surface area (Å²) in [6, 6.07) is 9.25. The van der Waals surface area contributed by atoms with E-state index in [1.54, 1.807) is 11.3 Å². The van der Waals surface area contributed by atoms with E-state index in [2.05, 4.69) is 16.8 Å². The summed E-state index contributed by atoms with van der Waals surface area (Å²) >= 11 is 1.75.